The SMILES string of the molecule is O=C(c1cc(C2CC2)[nH]n1)N1C2CCNCC1CC2. The van der Waals surface area contributed by atoms with E-state index in [1.165, 1.54) is 12.8 Å². The van der Waals surface area contributed by atoms with E-state index in [-0.39, 0.29) is 5.91 Å². The zero-order valence-corrected chi connectivity index (χ0v) is 11.1. The summed E-state index contributed by atoms with van der Waals surface area (Å²) in [7, 11) is 0. The molecule has 2 bridgehead atoms. The van der Waals surface area contributed by atoms with Gasteiger partial charge in [0.15, 0.2) is 0 Å². The molecule has 2 N–H and O–H groups in total. The molecule has 0 spiro atoms. The number of aromatic amines is 1. The molecule has 102 valence electrons. The lowest BCUT2D eigenvalue weighted by atomic mass is 10.1. The van der Waals surface area contributed by atoms with E-state index in [9.17, 15) is 4.79 Å². The normalized spacial score (nSPS) is 30.4. The van der Waals surface area contributed by atoms with E-state index in [1.807, 2.05) is 6.07 Å². The highest BCUT2D eigenvalue weighted by atomic mass is 16.2. The van der Waals surface area contributed by atoms with Crippen LogP contribution in [0.5, 0.6) is 0 Å². The second-order valence-corrected chi connectivity index (χ2v) is 6.07. The molecule has 2 unspecified atom stereocenters. The van der Waals surface area contributed by atoms with Crippen molar-refractivity contribution in [1.82, 2.24) is 20.4 Å². The average molecular weight is 260 g/mol. The lowest BCUT2D eigenvalue weighted by molar-refractivity contribution is 0.0674. The third-order valence-electron chi connectivity index (χ3n) is 4.72. The summed E-state index contributed by atoms with van der Waals surface area (Å²) in [6.07, 6.45) is 5.81. The number of fused-ring (bicyclic) bond motifs is 2. The van der Waals surface area contributed by atoms with Crippen LogP contribution in [0.3, 0.4) is 0 Å². The zero-order chi connectivity index (χ0) is 12.8. The van der Waals surface area contributed by atoms with E-state index >= 15 is 0 Å². The van der Waals surface area contributed by atoms with E-state index in [2.05, 4.69) is 20.4 Å². The molecular weight excluding hydrogens is 240 g/mol. The van der Waals surface area contributed by atoms with Crippen molar-refractivity contribution in [2.45, 2.75) is 50.1 Å². The maximum atomic E-state index is 12.7. The molecule has 3 heterocycles. The molecular formula is C14H20N4O. The predicted molar refractivity (Wildman–Crippen MR) is 71.0 cm³/mol. The molecule has 5 nitrogen and oxygen atoms in total. The first-order chi connectivity index (χ1) is 9.33. The number of amides is 1. The molecule has 3 aliphatic rings. The van der Waals surface area contributed by atoms with E-state index in [1.54, 1.807) is 0 Å². The summed E-state index contributed by atoms with van der Waals surface area (Å²) in [6.45, 7) is 1.96. The minimum atomic E-state index is 0.124. The largest absolute Gasteiger partial charge is 0.330 e. The van der Waals surface area contributed by atoms with E-state index in [4.69, 9.17) is 0 Å². The second kappa shape index (κ2) is 4.34. The molecule has 0 radical (unpaired) electrons. The Morgan fingerprint density at radius 3 is 2.89 bits per heavy atom. The summed E-state index contributed by atoms with van der Waals surface area (Å²) in [5.74, 6) is 0.746. The fraction of sp³-hybridized carbons (Fsp3) is 0.714. The predicted octanol–water partition coefficient (Wildman–Crippen LogP) is 1.25. The van der Waals surface area contributed by atoms with Gasteiger partial charge in [0, 0.05) is 30.2 Å². The van der Waals surface area contributed by atoms with E-state index in [0.717, 1.165) is 38.0 Å². The summed E-state index contributed by atoms with van der Waals surface area (Å²) in [5.41, 5.74) is 1.75. The van der Waals surface area contributed by atoms with Gasteiger partial charge in [0.25, 0.3) is 5.91 Å². The Balaban J connectivity index is 1.58. The van der Waals surface area contributed by atoms with Crippen molar-refractivity contribution in [3.8, 4) is 0 Å². The molecule has 3 fully saturated rings. The van der Waals surface area contributed by atoms with Gasteiger partial charge in [-0.25, -0.2) is 0 Å². The van der Waals surface area contributed by atoms with Crippen LogP contribution in [0.25, 0.3) is 0 Å². The Hall–Kier alpha value is -1.36. The molecule has 1 aromatic heterocycles. The van der Waals surface area contributed by atoms with Crippen LogP contribution in [0.4, 0.5) is 0 Å². The Morgan fingerprint density at radius 1 is 1.21 bits per heavy atom. The number of hydrogen-bond acceptors (Lipinski definition) is 3. The van der Waals surface area contributed by atoms with Gasteiger partial charge in [-0.05, 0) is 44.7 Å². The molecule has 2 aliphatic heterocycles. The Bertz CT molecular complexity index is 479. The Labute approximate surface area is 112 Å². The van der Waals surface area contributed by atoms with Gasteiger partial charge in [0.2, 0.25) is 0 Å². The summed E-state index contributed by atoms with van der Waals surface area (Å²) >= 11 is 0. The molecule has 1 saturated carbocycles. The summed E-state index contributed by atoms with van der Waals surface area (Å²) < 4.78 is 0. The molecule has 2 saturated heterocycles. The van der Waals surface area contributed by atoms with Gasteiger partial charge in [0.05, 0.1) is 0 Å². The van der Waals surface area contributed by atoms with Crippen molar-refractivity contribution in [3.05, 3.63) is 17.5 Å². The molecule has 19 heavy (non-hydrogen) atoms. The minimum Gasteiger partial charge on any atom is -0.330 e. The summed E-state index contributed by atoms with van der Waals surface area (Å²) in [6, 6.07) is 2.74. The first-order valence-corrected chi connectivity index (χ1v) is 7.41. The van der Waals surface area contributed by atoms with Crippen LogP contribution < -0.4 is 5.32 Å². The quantitative estimate of drug-likeness (QED) is 0.841. The molecule has 5 heteroatoms. The molecule has 1 aliphatic carbocycles. The highest BCUT2D eigenvalue weighted by Gasteiger charge is 2.39. The Kier molecular flexibility index (Phi) is 2.62. The van der Waals surface area contributed by atoms with Gasteiger partial charge in [-0.15, -0.1) is 0 Å². The number of rotatable bonds is 2. The number of aromatic nitrogens is 2. The molecule has 4 rings (SSSR count). The number of H-pyrrole nitrogens is 1. The fourth-order valence-corrected chi connectivity index (χ4v) is 3.50. The number of hydrogen-bond donors (Lipinski definition) is 2. The van der Waals surface area contributed by atoms with Crippen LogP contribution >= 0.6 is 0 Å². The third kappa shape index (κ3) is 1.96. The van der Waals surface area contributed by atoms with Crippen molar-refractivity contribution in [2.75, 3.05) is 13.1 Å². The first kappa shape index (κ1) is 11.5. The topological polar surface area (TPSA) is 61.0 Å². The van der Waals surface area contributed by atoms with Crippen LogP contribution in [-0.4, -0.2) is 46.2 Å². The van der Waals surface area contributed by atoms with Gasteiger partial charge in [-0.2, -0.15) is 5.10 Å². The smallest absolute Gasteiger partial charge is 0.274 e. The monoisotopic (exact) mass is 260 g/mol. The maximum absolute atomic E-state index is 12.7. The van der Waals surface area contributed by atoms with Crippen molar-refractivity contribution >= 4 is 5.91 Å². The number of carbonyl (C=O) groups is 1. The van der Waals surface area contributed by atoms with Crippen LogP contribution in [0.2, 0.25) is 0 Å². The maximum Gasteiger partial charge on any atom is 0.274 e. The third-order valence-corrected chi connectivity index (χ3v) is 4.72. The van der Waals surface area contributed by atoms with Crippen LogP contribution in [0.15, 0.2) is 6.07 Å². The molecule has 2 atom stereocenters. The highest BCUT2D eigenvalue weighted by molar-refractivity contribution is 5.93. The van der Waals surface area contributed by atoms with E-state index < -0.39 is 0 Å². The number of carbonyl (C=O) groups excluding carboxylic acids is 1. The van der Waals surface area contributed by atoms with Crippen LogP contribution in [0, 0.1) is 0 Å². The first-order valence-electron chi connectivity index (χ1n) is 7.41. The van der Waals surface area contributed by atoms with E-state index in [0.29, 0.717) is 23.7 Å². The van der Waals surface area contributed by atoms with Crippen LogP contribution in [-0.2, 0) is 0 Å². The van der Waals surface area contributed by atoms with Gasteiger partial charge < -0.3 is 10.2 Å². The fourth-order valence-electron chi connectivity index (χ4n) is 3.50. The number of nitrogens with one attached hydrogen (secondary N) is 2. The lowest BCUT2D eigenvalue weighted by Crippen LogP contribution is -2.42. The lowest BCUT2D eigenvalue weighted by Gasteiger charge is -2.26. The Morgan fingerprint density at radius 2 is 2.05 bits per heavy atom. The van der Waals surface area contributed by atoms with Gasteiger partial charge in [-0.3, -0.25) is 9.89 Å². The van der Waals surface area contributed by atoms with Gasteiger partial charge in [-0.1, -0.05) is 0 Å². The zero-order valence-electron chi connectivity index (χ0n) is 11.1. The molecule has 1 amide bonds. The minimum absolute atomic E-state index is 0.124. The summed E-state index contributed by atoms with van der Waals surface area (Å²) in [5, 5.41) is 10.7. The van der Waals surface area contributed by atoms with Crippen LogP contribution in [0.1, 0.15) is 54.2 Å². The van der Waals surface area contributed by atoms with Gasteiger partial charge in [0.1, 0.15) is 5.69 Å². The van der Waals surface area contributed by atoms with Crippen molar-refractivity contribution < 1.29 is 4.79 Å². The van der Waals surface area contributed by atoms with Crippen molar-refractivity contribution in [2.24, 2.45) is 0 Å². The number of nitrogens with zero attached hydrogens (tertiary/aromatic N) is 2. The van der Waals surface area contributed by atoms with Crippen molar-refractivity contribution in [3.63, 3.8) is 0 Å². The standard InChI is InChI=1S/C14H20N4O/c19-14(13-7-12(16-17-13)9-1-2-9)18-10-3-4-11(18)8-15-6-5-10/h7,9-11,15H,1-6,8H2,(H,16,17). The average Bonchev–Trinajstić information content (AvgIpc) is 3.04. The highest BCUT2D eigenvalue weighted by Crippen LogP contribution is 2.39. The summed E-state index contributed by atoms with van der Waals surface area (Å²) in [4.78, 5) is 14.8. The second-order valence-electron chi connectivity index (χ2n) is 6.07. The molecule has 0 aromatic carbocycles. The van der Waals surface area contributed by atoms with Crippen molar-refractivity contribution in [1.29, 1.82) is 0 Å². The molecule has 1 aromatic rings. The van der Waals surface area contributed by atoms with Gasteiger partial charge >= 0.3 is 0 Å².